The van der Waals surface area contributed by atoms with E-state index in [2.05, 4.69) is 9.97 Å². The van der Waals surface area contributed by atoms with Crippen molar-refractivity contribution in [3.8, 4) is 0 Å². The van der Waals surface area contributed by atoms with E-state index >= 15 is 0 Å². The Hall–Kier alpha value is -0.960. The molecule has 0 unspecified atom stereocenters. The summed E-state index contributed by atoms with van der Waals surface area (Å²) in [6.45, 7) is 0. The summed E-state index contributed by atoms with van der Waals surface area (Å²) in [5, 5.41) is 0. The van der Waals surface area contributed by atoms with Crippen LogP contribution in [0.3, 0.4) is 0 Å². The van der Waals surface area contributed by atoms with Gasteiger partial charge in [-0.25, -0.2) is 9.97 Å². The molecule has 3 aliphatic carbocycles. The molecule has 0 radical (unpaired) electrons. The predicted octanol–water partition coefficient (Wildman–Crippen LogP) is 0.609. The van der Waals surface area contributed by atoms with Gasteiger partial charge in [-0.05, 0) is 25.3 Å². The minimum Gasteiger partial charge on any atom is -0.325 e. The average Bonchev–Trinajstić information content (AvgIpc) is 1.99. The van der Waals surface area contributed by atoms with Gasteiger partial charge >= 0.3 is 0 Å². The first-order valence-corrected chi connectivity index (χ1v) is 4.29. The van der Waals surface area contributed by atoms with Gasteiger partial charge in [0.2, 0.25) is 0 Å². The first-order chi connectivity index (χ1) is 5.73. The second-order valence-corrected chi connectivity index (χ2v) is 4.25. The van der Waals surface area contributed by atoms with Crippen LogP contribution in [0.5, 0.6) is 0 Å². The molecule has 1 aromatic rings. The molecule has 12 heavy (non-hydrogen) atoms. The fraction of sp³-hybridized carbons (Fsp3) is 0.556. The van der Waals surface area contributed by atoms with Gasteiger partial charge < -0.3 is 5.73 Å². The van der Waals surface area contributed by atoms with Crippen molar-refractivity contribution in [2.45, 2.75) is 30.2 Å². The number of aromatic nitrogens is 2. The van der Waals surface area contributed by atoms with E-state index < -0.39 is 0 Å². The molecule has 3 saturated carbocycles. The van der Waals surface area contributed by atoms with Gasteiger partial charge in [0, 0.05) is 23.3 Å². The molecule has 3 aliphatic rings. The maximum absolute atomic E-state index is 5.95. The summed E-state index contributed by atoms with van der Waals surface area (Å²) in [7, 11) is 0. The lowest BCUT2D eigenvalue weighted by atomic mass is 9.39. The summed E-state index contributed by atoms with van der Waals surface area (Å²) in [6, 6.07) is 1.85. The molecule has 3 heteroatoms. The highest BCUT2D eigenvalue weighted by atomic mass is 15.0. The summed E-state index contributed by atoms with van der Waals surface area (Å²) in [6.07, 6.45) is 6.88. The molecule has 2 N–H and O–H groups in total. The van der Waals surface area contributed by atoms with Crippen LogP contribution >= 0.6 is 0 Å². The molecule has 0 saturated heterocycles. The Kier molecular flexibility index (Phi) is 0.921. The van der Waals surface area contributed by atoms with Crippen molar-refractivity contribution in [1.82, 2.24) is 9.97 Å². The summed E-state index contributed by atoms with van der Waals surface area (Å²) in [5.41, 5.74) is 6.38. The largest absolute Gasteiger partial charge is 0.325 e. The zero-order chi connectivity index (χ0) is 8.23. The Bertz CT molecular complexity index is 300. The normalized spacial score (nSPS) is 43.1. The third kappa shape index (κ3) is 0.607. The monoisotopic (exact) mass is 161 g/mol. The second-order valence-electron chi connectivity index (χ2n) is 4.25. The molecule has 0 aromatic carbocycles. The smallest absolute Gasteiger partial charge is 0.134 e. The number of hydrogen-bond acceptors (Lipinski definition) is 3. The van der Waals surface area contributed by atoms with Gasteiger partial charge in [-0.3, -0.25) is 0 Å². The van der Waals surface area contributed by atoms with Gasteiger partial charge in [0.1, 0.15) is 5.82 Å². The van der Waals surface area contributed by atoms with Crippen LogP contribution in [-0.2, 0) is 5.41 Å². The van der Waals surface area contributed by atoms with Crippen LogP contribution in [0, 0.1) is 0 Å². The standard InChI is InChI=1S/C9H11N3/c10-9-4-8(5-9,6-9)7-11-2-1-3-12-7/h1-3H,4-6,10H2. The van der Waals surface area contributed by atoms with Crippen molar-refractivity contribution in [1.29, 1.82) is 0 Å². The molecule has 3 fully saturated rings. The van der Waals surface area contributed by atoms with E-state index in [1.165, 1.54) is 0 Å². The molecule has 0 amide bonds. The van der Waals surface area contributed by atoms with Crippen LogP contribution in [0.2, 0.25) is 0 Å². The molecular formula is C9H11N3. The van der Waals surface area contributed by atoms with E-state index in [1.807, 2.05) is 18.5 Å². The van der Waals surface area contributed by atoms with Crippen LogP contribution in [0.15, 0.2) is 18.5 Å². The van der Waals surface area contributed by atoms with Crippen LogP contribution in [-0.4, -0.2) is 15.5 Å². The van der Waals surface area contributed by atoms with Gasteiger partial charge in [0.25, 0.3) is 0 Å². The molecule has 1 aromatic heterocycles. The summed E-state index contributed by atoms with van der Waals surface area (Å²) < 4.78 is 0. The summed E-state index contributed by atoms with van der Waals surface area (Å²) >= 11 is 0. The van der Waals surface area contributed by atoms with E-state index in [-0.39, 0.29) is 11.0 Å². The van der Waals surface area contributed by atoms with Crippen LogP contribution < -0.4 is 5.73 Å². The van der Waals surface area contributed by atoms with Crippen molar-refractivity contribution in [2.75, 3.05) is 0 Å². The maximum atomic E-state index is 5.95. The Morgan fingerprint density at radius 1 is 1.17 bits per heavy atom. The molecule has 0 atom stereocenters. The quantitative estimate of drug-likeness (QED) is 0.656. The van der Waals surface area contributed by atoms with Crippen molar-refractivity contribution in [2.24, 2.45) is 5.73 Å². The fourth-order valence-corrected chi connectivity index (χ4v) is 2.68. The Morgan fingerprint density at radius 3 is 2.25 bits per heavy atom. The van der Waals surface area contributed by atoms with E-state index in [0.717, 1.165) is 25.1 Å². The van der Waals surface area contributed by atoms with Crippen molar-refractivity contribution < 1.29 is 0 Å². The highest BCUT2D eigenvalue weighted by Crippen LogP contribution is 2.65. The molecule has 1 heterocycles. The second kappa shape index (κ2) is 1.69. The van der Waals surface area contributed by atoms with Crippen molar-refractivity contribution in [3.05, 3.63) is 24.3 Å². The molecule has 3 nitrogen and oxygen atoms in total. The zero-order valence-corrected chi connectivity index (χ0v) is 6.83. The summed E-state index contributed by atoms with van der Waals surface area (Å²) in [5.74, 6) is 0.998. The van der Waals surface area contributed by atoms with Gasteiger partial charge in [0.15, 0.2) is 0 Å². The lowest BCUT2D eigenvalue weighted by Crippen LogP contribution is -2.74. The molecular weight excluding hydrogens is 150 g/mol. The first kappa shape index (κ1) is 6.54. The minimum absolute atomic E-state index is 0.152. The van der Waals surface area contributed by atoms with E-state index in [0.29, 0.717) is 0 Å². The minimum atomic E-state index is 0.152. The van der Waals surface area contributed by atoms with Crippen LogP contribution in [0.4, 0.5) is 0 Å². The lowest BCUT2D eigenvalue weighted by molar-refractivity contribution is -0.0653. The number of hydrogen-bond donors (Lipinski definition) is 1. The summed E-state index contributed by atoms with van der Waals surface area (Å²) in [4.78, 5) is 8.55. The molecule has 2 bridgehead atoms. The van der Waals surface area contributed by atoms with Gasteiger partial charge in [-0.1, -0.05) is 0 Å². The lowest BCUT2D eigenvalue weighted by Gasteiger charge is -2.67. The number of rotatable bonds is 1. The first-order valence-electron chi connectivity index (χ1n) is 4.29. The Morgan fingerprint density at radius 2 is 1.75 bits per heavy atom. The molecule has 0 aliphatic heterocycles. The van der Waals surface area contributed by atoms with Crippen LogP contribution in [0.1, 0.15) is 25.1 Å². The number of nitrogens with zero attached hydrogens (tertiary/aromatic N) is 2. The predicted molar refractivity (Wildman–Crippen MR) is 44.5 cm³/mol. The molecule has 4 rings (SSSR count). The third-order valence-corrected chi connectivity index (χ3v) is 3.11. The molecule has 0 spiro atoms. The highest BCUT2D eigenvalue weighted by molar-refractivity contribution is 5.33. The average molecular weight is 161 g/mol. The maximum Gasteiger partial charge on any atom is 0.134 e. The Balaban J connectivity index is 1.94. The van der Waals surface area contributed by atoms with Crippen molar-refractivity contribution in [3.63, 3.8) is 0 Å². The van der Waals surface area contributed by atoms with Gasteiger partial charge in [-0.2, -0.15) is 0 Å². The van der Waals surface area contributed by atoms with Gasteiger partial charge in [-0.15, -0.1) is 0 Å². The molecule has 62 valence electrons. The van der Waals surface area contributed by atoms with E-state index in [1.54, 1.807) is 0 Å². The van der Waals surface area contributed by atoms with Gasteiger partial charge in [0.05, 0.1) is 0 Å². The highest BCUT2D eigenvalue weighted by Gasteiger charge is 2.68. The Labute approximate surface area is 71.0 Å². The van der Waals surface area contributed by atoms with Crippen LogP contribution in [0.25, 0.3) is 0 Å². The fourth-order valence-electron chi connectivity index (χ4n) is 2.68. The zero-order valence-electron chi connectivity index (χ0n) is 6.83. The number of nitrogens with two attached hydrogens (primary N) is 1. The van der Waals surface area contributed by atoms with E-state index in [4.69, 9.17) is 5.73 Å². The van der Waals surface area contributed by atoms with Crippen molar-refractivity contribution >= 4 is 0 Å². The SMILES string of the molecule is NC12CC(c3ncccn3)(C1)C2. The van der Waals surface area contributed by atoms with E-state index in [9.17, 15) is 0 Å². The third-order valence-electron chi connectivity index (χ3n) is 3.11. The topological polar surface area (TPSA) is 51.8 Å².